The Hall–Kier alpha value is -2.29. The van der Waals surface area contributed by atoms with Crippen LogP contribution in [0.2, 0.25) is 0 Å². The normalized spacial score (nSPS) is 11.0. The molecule has 2 aromatic heterocycles. The number of aryl methyl sites for hydroxylation is 1. The van der Waals surface area contributed by atoms with Crippen molar-refractivity contribution in [2.75, 3.05) is 5.75 Å². The summed E-state index contributed by atoms with van der Waals surface area (Å²) in [7, 11) is 2.88. The summed E-state index contributed by atoms with van der Waals surface area (Å²) in [5.41, 5.74) is -0.527. The number of aliphatic carboxylic acids is 1. The highest BCUT2D eigenvalue weighted by Crippen LogP contribution is 2.21. The molecule has 8 nitrogen and oxygen atoms in total. The van der Waals surface area contributed by atoms with E-state index in [0.717, 1.165) is 16.3 Å². The number of imidazole rings is 1. The highest BCUT2D eigenvalue weighted by atomic mass is 32.2. The maximum atomic E-state index is 12.3. The standard InChI is InChI=1S/C12H14N4O4S/c1-4-5-16-8-9(13-11(16)21-6-7(17)18)14(2)12(20)15(3)10(8)19/h4H,1,5-6H2,2-3H3,(H,17,18)/p-1. The fourth-order valence-electron chi connectivity index (χ4n) is 1.96. The number of hydrogen-bond donors (Lipinski definition) is 0. The van der Waals surface area contributed by atoms with Gasteiger partial charge in [0.2, 0.25) is 0 Å². The Kier molecular flexibility index (Phi) is 4.03. The summed E-state index contributed by atoms with van der Waals surface area (Å²) >= 11 is 0.928. The molecule has 9 heteroatoms. The summed E-state index contributed by atoms with van der Waals surface area (Å²) in [6, 6.07) is 0. The summed E-state index contributed by atoms with van der Waals surface area (Å²) < 4.78 is 3.77. The molecule has 0 aromatic carbocycles. The maximum Gasteiger partial charge on any atom is 0.332 e. The number of allylic oxidation sites excluding steroid dienone is 1. The van der Waals surface area contributed by atoms with Gasteiger partial charge in [0, 0.05) is 26.4 Å². The van der Waals surface area contributed by atoms with Crippen LogP contribution < -0.4 is 16.4 Å². The number of rotatable bonds is 5. The monoisotopic (exact) mass is 309 g/mol. The molecule has 0 spiro atoms. The smallest absolute Gasteiger partial charge is 0.332 e. The number of carbonyl (C=O) groups excluding carboxylic acids is 1. The quantitative estimate of drug-likeness (QED) is 0.490. The molecule has 0 atom stereocenters. The number of fused-ring (bicyclic) bond motifs is 1. The Labute approximate surface area is 123 Å². The number of carboxylic acid groups (broad SMARTS) is 1. The van der Waals surface area contributed by atoms with Crippen LogP contribution in [-0.2, 0) is 25.4 Å². The minimum absolute atomic E-state index is 0.214. The van der Waals surface area contributed by atoms with E-state index in [2.05, 4.69) is 11.6 Å². The first-order valence-corrected chi connectivity index (χ1v) is 6.96. The van der Waals surface area contributed by atoms with Crippen molar-refractivity contribution in [1.29, 1.82) is 0 Å². The Morgan fingerprint density at radius 1 is 1.38 bits per heavy atom. The van der Waals surface area contributed by atoms with Crippen molar-refractivity contribution in [2.24, 2.45) is 14.1 Å². The number of thioether (sulfide) groups is 1. The molecule has 0 N–H and O–H groups in total. The van der Waals surface area contributed by atoms with E-state index in [-0.39, 0.29) is 23.5 Å². The van der Waals surface area contributed by atoms with E-state index >= 15 is 0 Å². The second kappa shape index (κ2) is 5.60. The first-order chi connectivity index (χ1) is 9.88. The van der Waals surface area contributed by atoms with E-state index in [4.69, 9.17) is 0 Å². The van der Waals surface area contributed by atoms with Gasteiger partial charge in [-0.25, -0.2) is 9.78 Å². The largest absolute Gasteiger partial charge is 0.549 e. The van der Waals surface area contributed by atoms with Crippen LogP contribution in [0, 0.1) is 0 Å². The first-order valence-electron chi connectivity index (χ1n) is 5.98. The van der Waals surface area contributed by atoms with Crippen LogP contribution in [0.5, 0.6) is 0 Å². The molecule has 0 saturated carbocycles. The zero-order valence-corrected chi connectivity index (χ0v) is 12.3. The number of carbonyl (C=O) groups is 1. The summed E-state index contributed by atoms with van der Waals surface area (Å²) in [4.78, 5) is 38.9. The van der Waals surface area contributed by atoms with Crippen LogP contribution >= 0.6 is 11.8 Å². The SMILES string of the molecule is C=CCn1c(SCC(=O)[O-])nc2c1c(=O)n(C)c(=O)n2C. The lowest BCUT2D eigenvalue weighted by Gasteiger charge is -2.06. The van der Waals surface area contributed by atoms with E-state index in [1.807, 2.05) is 0 Å². The fourth-order valence-corrected chi connectivity index (χ4v) is 2.68. The van der Waals surface area contributed by atoms with Crippen LogP contribution in [0.1, 0.15) is 0 Å². The van der Waals surface area contributed by atoms with Crippen LogP contribution in [-0.4, -0.2) is 30.4 Å². The molecule has 21 heavy (non-hydrogen) atoms. The zero-order chi connectivity index (χ0) is 15.7. The van der Waals surface area contributed by atoms with Crippen LogP contribution in [0.15, 0.2) is 27.4 Å². The highest BCUT2D eigenvalue weighted by Gasteiger charge is 2.18. The minimum Gasteiger partial charge on any atom is -0.549 e. The molecule has 0 bridgehead atoms. The predicted octanol–water partition coefficient (Wildman–Crippen LogP) is -1.54. The van der Waals surface area contributed by atoms with Crippen molar-refractivity contribution < 1.29 is 9.90 Å². The third-order valence-electron chi connectivity index (χ3n) is 2.94. The average molecular weight is 309 g/mol. The average Bonchev–Trinajstić information content (AvgIpc) is 2.80. The fraction of sp³-hybridized carbons (Fsp3) is 0.333. The van der Waals surface area contributed by atoms with Gasteiger partial charge in [0.05, 0.1) is 5.97 Å². The van der Waals surface area contributed by atoms with Gasteiger partial charge < -0.3 is 14.5 Å². The van der Waals surface area contributed by atoms with Crippen LogP contribution in [0.25, 0.3) is 11.2 Å². The second-order valence-corrected chi connectivity index (χ2v) is 5.27. The van der Waals surface area contributed by atoms with Crippen LogP contribution in [0.3, 0.4) is 0 Å². The van der Waals surface area contributed by atoms with Crippen molar-refractivity contribution >= 4 is 28.9 Å². The molecule has 0 unspecified atom stereocenters. The van der Waals surface area contributed by atoms with Gasteiger partial charge in [-0.05, 0) is 0 Å². The molecule has 0 amide bonds. The highest BCUT2D eigenvalue weighted by molar-refractivity contribution is 7.99. The minimum atomic E-state index is -1.24. The van der Waals surface area contributed by atoms with E-state index in [1.54, 1.807) is 6.08 Å². The van der Waals surface area contributed by atoms with Crippen LogP contribution in [0.4, 0.5) is 0 Å². The molecule has 2 aromatic rings. The number of carboxylic acids is 1. The number of hydrogen-bond acceptors (Lipinski definition) is 6. The Bertz CT molecular complexity index is 846. The summed E-state index contributed by atoms with van der Waals surface area (Å²) in [5, 5.41) is 10.9. The molecule has 112 valence electrons. The number of nitrogens with zero attached hydrogens (tertiary/aromatic N) is 4. The molecule has 2 heterocycles. The number of aromatic nitrogens is 4. The molecule has 0 saturated heterocycles. The lowest BCUT2D eigenvalue weighted by Crippen LogP contribution is -2.37. The van der Waals surface area contributed by atoms with E-state index in [1.165, 1.54) is 23.2 Å². The van der Waals surface area contributed by atoms with E-state index in [9.17, 15) is 19.5 Å². The van der Waals surface area contributed by atoms with Crippen molar-refractivity contribution in [1.82, 2.24) is 18.7 Å². The topological polar surface area (TPSA) is 102 Å². The molecule has 0 aliphatic heterocycles. The zero-order valence-electron chi connectivity index (χ0n) is 11.5. The summed E-state index contributed by atoms with van der Waals surface area (Å²) in [5.74, 6) is -1.53. The molecule has 0 aliphatic rings. The predicted molar refractivity (Wildman–Crippen MR) is 76.1 cm³/mol. The third-order valence-corrected chi connectivity index (χ3v) is 3.89. The molecule has 0 radical (unpaired) electrons. The van der Waals surface area contributed by atoms with Crippen molar-refractivity contribution in [3.8, 4) is 0 Å². The maximum absolute atomic E-state index is 12.3. The van der Waals surface area contributed by atoms with Crippen molar-refractivity contribution in [3.05, 3.63) is 33.5 Å². The van der Waals surface area contributed by atoms with E-state index < -0.39 is 17.2 Å². The van der Waals surface area contributed by atoms with E-state index in [0.29, 0.717) is 5.16 Å². The molecule has 0 aliphatic carbocycles. The summed E-state index contributed by atoms with van der Waals surface area (Å²) in [6.07, 6.45) is 1.56. The first kappa shape index (κ1) is 15.1. The van der Waals surface area contributed by atoms with Gasteiger partial charge in [-0.2, -0.15) is 0 Å². The van der Waals surface area contributed by atoms with Gasteiger partial charge in [0.15, 0.2) is 16.3 Å². The van der Waals surface area contributed by atoms with Gasteiger partial charge >= 0.3 is 5.69 Å². The second-order valence-electron chi connectivity index (χ2n) is 4.33. The lowest BCUT2D eigenvalue weighted by atomic mass is 10.5. The van der Waals surface area contributed by atoms with Crippen molar-refractivity contribution in [3.63, 3.8) is 0 Å². The molecular formula is C12H13N4O4S-. The van der Waals surface area contributed by atoms with Gasteiger partial charge in [-0.3, -0.25) is 13.9 Å². The third kappa shape index (κ3) is 2.51. The Morgan fingerprint density at radius 2 is 2.05 bits per heavy atom. The Morgan fingerprint density at radius 3 is 2.62 bits per heavy atom. The van der Waals surface area contributed by atoms with Crippen molar-refractivity contribution in [2.45, 2.75) is 11.7 Å². The Balaban J connectivity index is 2.79. The molecule has 0 fully saturated rings. The molecular weight excluding hydrogens is 296 g/mol. The van der Waals surface area contributed by atoms with Gasteiger partial charge in [0.25, 0.3) is 5.56 Å². The summed E-state index contributed by atoms with van der Waals surface area (Å²) in [6.45, 7) is 3.88. The van der Waals surface area contributed by atoms with Gasteiger partial charge in [0.1, 0.15) is 0 Å². The lowest BCUT2D eigenvalue weighted by molar-refractivity contribution is -0.301. The van der Waals surface area contributed by atoms with Gasteiger partial charge in [-0.1, -0.05) is 17.8 Å². The molecule has 2 rings (SSSR count). The van der Waals surface area contributed by atoms with Gasteiger partial charge in [-0.15, -0.1) is 6.58 Å².